The zero-order valence-electron chi connectivity index (χ0n) is 21.8. The molecule has 2 aliphatic heterocycles. The van der Waals surface area contributed by atoms with Crippen molar-refractivity contribution in [3.05, 3.63) is 83.6 Å². The molecule has 2 saturated heterocycles. The minimum Gasteiger partial charge on any atom is -0.395 e. The molecule has 0 aromatic heterocycles. The first-order chi connectivity index (χ1) is 17.8. The molecule has 2 aromatic carbocycles. The van der Waals surface area contributed by atoms with Gasteiger partial charge in [-0.2, -0.15) is 0 Å². The van der Waals surface area contributed by atoms with Crippen molar-refractivity contribution < 1.29 is 9.18 Å². The van der Waals surface area contributed by atoms with Gasteiger partial charge in [0, 0.05) is 30.0 Å². The van der Waals surface area contributed by atoms with Crippen LogP contribution in [-0.2, 0) is 4.79 Å². The monoisotopic (exact) mass is 506 g/mol. The summed E-state index contributed by atoms with van der Waals surface area (Å²) in [4.78, 5) is 19.3. The van der Waals surface area contributed by atoms with E-state index in [1.165, 1.54) is 12.1 Å². The first-order valence-corrected chi connectivity index (χ1v) is 13.1. The summed E-state index contributed by atoms with van der Waals surface area (Å²) in [5.41, 5.74) is 16.3. The molecular formula is C29H39FN6O. The number of piperidine rings is 1. The maximum absolute atomic E-state index is 13.6. The highest BCUT2D eigenvalue weighted by atomic mass is 19.1. The summed E-state index contributed by atoms with van der Waals surface area (Å²) >= 11 is 0. The van der Waals surface area contributed by atoms with E-state index in [1.54, 1.807) is 12.1 Å². The predicted molar refractivity (Wildman–Crippen MR) is 148 cm³/mol. The number of hydrogen-bond donors (Lipinski definition) is 3. The molecule has 2 aromatic rings. The van der Waals surface area contributed by atoms with Crippen LogP contribution in [0.5, 0.6) is 0 Å². The third-order valence-corrected chi connectivity index (χ3v) is 7.34. The van der Waals surface area contributed by atoms with Crippen molar-refractivity contribution in [2.45, 2.75) is 26.2 Å². The largest absolute Gasteiger partial charge is 0.395 e. The third-order valence-electron chi connectivity index (χ3n) is 7.34. The van der Waals surface area contributed by atoms with Crippen molar-refractivity contribution in [1.29, 1.82) is 0 Å². The number of carbonyl (C=O) groups excluding carboxylic acids is 1. The molecule has 0 spiro atoms. The van der Waals surface area contributed by atoms with Gasteiger partial charge in [0.2, 0.25) is 5.91 Å². The number of rotatable bonds is 8. The Hall–Kier alpha value is -3.36. The van der Waals surface area contributed by atoms with Crippen LogP contribution in [0.25, 0.3) is 5.70 Å². The number of amides is 1. The molecule has 2 heterocycles. The van der Waals surface area contributed by atoms with Crippen molar-refractivity contribution in [3.8, 4) is 0 Å². The summed E-state index contributed by atoms with van der Waals surface area (Å²) in [5, 5.41) is 3.45. The van der Waals surface area contributed by atoms with Crippen LogP contribution >= 0.6 is 0 Å². The molecule has 5 N–H and O–H groups in total. The summed E-state index contributed by atoms with van der Waals surface area (Å²) in [6.45, 7) is 10.9. The van der Waals surface area contributed by atoms with Gasteiger partial charge in [0.05, 0.1) is 18.8 Å². The first-order valence-electron chi connectivity index (χ1n) is 13.1. The molecule has 198 valence electrons. The van der Waals surface area contributed by atoms with Crippen LogP contribution in [0.15, 0.2) is 66.6 Å². The summed E-state index contributed by atoms with van der Waals surface area (Å²) in [6.07, 6.45) is 3.27. The van der Waals surface area contributed by atoms with Crippen LogP contribution in [0.3, 0.4) is 0 Å². The summed E-state index contributed by atoms with van der Waals surface area (Å²) in [7, 11) is 0. The van der Waals surface area contributed by atoms with Crippen LogP contribution in [0.1, 0.15) is 30.4 Å². The Morgan fingerprint density at radius 3 is 2.35 bits per heavy atom. The van der Waals surface area contributed by atoms with Crippen LogP contribution in [0, 0.1) is 18.7 Å². The Bertz CT molecular complexity index is 1110. The third kappa shape index (κ3) is 6.90. The number of likely N-dealkylation sites (tertiary alicyclic amines) is 1. The quantitative estimate of drug-likeness (QED) is 0.507. The zero-order valence-corrected chi connectivity index (χ0v) is 21.8. The Balaban J connectivity index is 1.46. The normalized spacial score (nSPS) is 18.1. The lowest BCUT2D eigenvalue weighted by atomic mass is 9.93. The molecule has 8 heteroatoms. The minimum absolute atomic E-state index is 0.126. The van der Waals surface area contributed by atoms with Gasteiger partial charge in [-0.3, -0.25) is 9.69 Å². The average Bonchev–Trinajstić information content (AvgIpc) is 2.90. The van der Waals surface area contributed by atoms with E-state index < -0.39 is 0 Å². The molecule has 0 unspecified atom stereocenters. The number of piperazine rings is 1. The minimum atomic E-state index is -0.315. The molecular weight excluding hydrogens is 467 g/mol. The summed E-state index contributed by atoms with van der Waals surface area (Å²) in [6, 6.07) is 14.2. The summed E-state index contributed by atoms with van der Waals surface area (Å²) < 4.78 is 13.6. The fraction of sp³-hybridized carbons (Fsp3) is 0.414. The van der Waals surface area contributed by atoms with Gasteiger partial charge in [-0.1, -0.05) is 24.3 Å². The van der Waals surface area contributed by atoms with E-state index in [0.29, 0.717) is 49.2 Å². The lowest BCUT2D eigenvalue weighted by molar-refractivity contribution is -0.133. The standard InChI is InChI=1S/C29H39FN6O/c1-21-3-9-26(10-4-21)33-29(28(32)24-5-7-25(30)8-6-24)36-18-17-35(19-22(36)2)27(37)20-34-15-12-23(11-14-31)13-16-34/h3-10,23,33H,2,11-20,31-32H2,1H3/b29-28-. The molecule has 7 nitrogen and oxygen atoms in total. The lowest BCUT2D eigenvalue weighted by Crippen LogP contribution is -2.51. The number of carbonyl (C=O) groups is 1. The fourth-order valence-corrected chi connectivity index (χ4v) is 5.03. The first kappa shape index (κ1) is 26.7. The maximum atomic E-state index is 13.6. The highest BCUT2D eigenvalue weighted by Gasteiger charge is 2.29. The van der Waals surface area contributed by atoms with Gasteiger partial charge in [0.1, 0.15) is 11.6 Å². The average molecular weight is 507 g/mol. The van der Waals surface area contributed by atoms with Crippen LogP contribution in [-0.4, -0.2) is 66.4 Å². The number of nitrogens with zero attached hydrogens (tertiary/aromatic N) is 3. The molecule has 2 fully saturated rings. The second-order valence-corrected chi connectivity index (χ2v) is 10.1. The lowest BCUT2D eigenvalue weighted by Gasteiger charge is -2.40. The smallest absolute Gasteiger partial charge is 0.237 e. The number of nitrogens with one attached hydrogen (secondary N) is 1. The number of hydrogen-bond acceptors (Lipinski definition) is 6. The van der Waals surface area contributed by atoms with E-state index in [-0.39, 0.29) is 11.7 Å². The van der Waals surface area contributed by atoms with Gasteiger partial charge < -0.3 is 26.6 Å². The number of aryl methyl sites for hydroxylation is 1. The van der Waals surface area contributed by atoms with Crippen LogP contribution in [0.4, 0.5) is 10.1 Å². The van der Waals surface area contributed by atoms with E-state index in [2.05, 4.69) is 16.8 Å². The highest BCUT2D eigenvalue weighted by molar-refractivity contribution is 5.79. The summed E-state index contributed by atoms with van der Waals surface area (Å²) in [5.74, 6) is 1.17. The Morgan fingerprint density at radius 1 is 1.05 bits per heavy atom. The Morgan fingerprint density at radius 2 is 1.73 bits per heavy atom. The number of halogens is 1. The zero-order chi connectivity index (χ0) is 26.4. The topological polar surface area (TPSA) is 90.9 Å². The number of anilines is 1. The predicted octanol–water partition coefficient (Wildman–Crippen LogP) is 3.55. The van der Waals surface area contributed by atoms with Gasteiger partial charge >= 0.3 is 0 Å². The van der Waals surface area contributed by atoms with Gasteiger partial charge in [-0.05, 0) is 88.1 Å². The van der Waals surface area contributed by atoms with Crippen molar-refractivity contribution in [2.24, 2.45) is 17.4 Å². The molecule has 0 bridgehead atoms. The molecule has 0 atom stereocenters. The van der Waals surface area contributed by atoms with Gasteiger partial charge in [-0.15, -0.1) is 0 Å². The van der Waals surface area contributed by atoms with E-state index in [9.17, 15) is 9.18 Å². The van der Waals surface area contributed by atoms with Gasteiger partial charge in [-0.25, -0.2) is 4.39 Å². The molecule has 0 radical (unpaired) electrons. The van der Waals surface area contributed by atoms with Gasteiger partial charge in [0.15, 0.2) is 0 Å². The maximum Gasteiger partial charge on any atom is 0.237 e. The Kier molecular flexibility index (Phi) is 8.84. The van der Waals surface area contributed by atoms with E-state index >= 15 is 0 Å². The SMILES string of the molecule is C=C1CN(C(=O)CN2CCC(CCN)CC2)CCN1/C(Nc1ccc(C)cc1)=C(\N)c1ccc(F)cc1. The highest BCUT2D eigenvalue weighted by Crippen LogP contribution is 2.26. The molecule has 2 aliphatic rings. The van der Waals surface area contributed by atoms with Crippen molar-refractivity contribution in [2.75, 3.05) is 51.1 Å². The van der Waals surface area contributed by atoms with Crippen LogP contribution in [0.2, 0.25) is 0 Å². The second-order valence-electron chi connectivity index (χ2n) is 10.1. The van der Waals surface area contributed by atoms with Crippen LogP contribution < -0.4 is 16.8 Å². The number of benzene rings is 2. The van der Waals surface area contributed by atoms with E-state index in [4.69, 9.17) is 11.5 Å². The van der Waals surface area contributed by atoms with E-state index in [0.717, 1.165) is 55.8 Å². The molecule has 1 amide bonds. The van der Waals surface area contributed by atoms with Crippen molar-refractivity contribution in [1.82, 2.24) is 14.7 Å². The van der Waals surface area contributed by atoms with E-state index in [1.807, 2.05) is 41.0 Å². The van der Waals surface area contributed by atoms with Crippen molar-refractivity contribution in [3.63, 3.8) is 0 Å². The van der Waals surface area contributed by atoms with Gasteiger partial charge in [0.25, 0.3) is 0 Å². The number of nitrogens with two attached hydrogens (primary N) is 2. The molecule has 0 aliphatic carbocycles. The Labute approximate surface area is 219 Å². The fourth-order valence-electron chi connectivity index (χ4n) is 5.03. The second kappa shape index (κ2) is 12.3. The molecule has 0 saturated carbocycles. The molecule has 37 heavy (non-hydrogen) atoms. The van der Waals surface area contributed by atoms with Crippen molar-refractivity contribution >= 4 is 17.3 Å². The molecule has 4 rings (SSSR count).